The Hall–Kier alpha value is -0.250. The predicted octanol–water partition coefficient (Wildman–Crippen LogP) is -1.05. The van der Waals surface area contributed by atoms with E-state index in [1.165, 1.54) is 0 Å². The van der Waals surface area contributed by atoms with Crippen molar-refractivity contribution in [1.82, 2.24) is 0 Å². The van der Waals surface area contributed by atoms with Gasteiger partial charge in [0, 0.05) is 5.92 Å². The molecule has 0 aliphatic carbocycles. The summed E-state index contributed by atoms with van der Waals surface area (Å²) in [4.78, 5) is 0. The fourth-order valence-corrected chi connectivity index (χ4v) is 1.89. The standard InChI is InChI=1S/C8H16O7S/c1-4-5(2)15-6(8(10)7(4)9)3-14-16(11,12)13/h4-10H,3H2,1-2H3,(H,11,12,13)/t4?,5-,6?,7+,8+/m0/s1. The quantitative estimate of drug-likeness (QED) is 0.552. The molecule has 0 aromatic heterocycles. The largest absolute Gasteiger partial charge is 0.397 e. The van der Waals surface area contributed by atoms with Crippen LogP contribution in [0, 0.1) is 5.92 Å². The lowest BCUT2D eigenvalue weighted by atomic mass is 9.89. The number of ether oxygens (including phenoxy) is 1. The van der Waals surface area contributed by atoms with Gasteiger partial charge < -0.3 is 14.9 Å². The van der Waals surface area contributed by atoms with Crippen LogP contribution < -0.4 is 0 Å². The van der Waals surface area contributed by atoms with Crippen molar-refractivity contribution in [3.63, 3.8) is 0 Å². The molecule has 3 N–H and O–H groups in total. The molecule has 2 unspecified atom stereocenters. The lowest BCUT2D eigenvalue weighted by molar-refractivity contribution is -0.198. The van der Waals surface area contributed by atoms with Crippen LogP contribution in [-0.2, 0) is 19.3 Å². The average molecular weight is 256 g/mol. The lowest BCUT2D eigenvalue weighted by Gasteiger charge is -2.39. The third-order valence-corrected chi connectivity index (χ3v) is 3.21. The van der Waals surface area contributed by atoms with Crippen molar-refractivity contribution >= 4 is 10.4 Å². The van der Waals surface area contributed by atoms with Gasteiger partial charge in [-0.2, -0.15) is 8.42 Å². The molecule has 7 nitrogen and oxygen atoms in total. The first-order valence-corrected chi connectivity index (χ1v) is 6.22. The summed E-state index contributed by atoms with van der Waals surface area (Å²) in [6.45, 7) is 2.87. The van der Waals surface area contributed by atoms with Gasteiger partial charge in [0.15, 0.2) is 0 Å². The van der Waals surface area contributed by atoms with E-state index < -0.39 is 35.3 Å². The van der Waals surface area contributed by atoms with Crippen molar-refractivity contribution < 1.29 is 32.1 Å². The lowest BCUT2D eigenvalue weighted by Crippen LogP contribution is -2.54. The molecule has 0 bridgehead atoms. The fraction of sp³-hybridized carbons (Fsp3) is 1.00. The van der Waals surface area contributed by atoms with Gasteiger partial charge in [-0.15, -0.1) is 0 Å². The predicted molar refractivity (Wildman–Crippen MR) is 53.0 cm³/mol. The number of hydrogen-bond donors (Lipinski definition) is 3. The van der Waals surface area contributed by atoms with E-state index in [1.807, 2.05) is 0 Å². The zero-order chi connectivity index (χ0) is 12.5. The van der Waals surface area contributed by atoms with Gasteiger partial charge in [0.1, 0.15) is 12.2 Å². The Bertz CT molecular complexity index is 327. The molecule has 8 heteroatoms. The maximum absolute atomic E-state index is 10.3. The van der Waals surface area contributed by atoms with E-state index in [1.54, 1.807) is 13.8 Å². The van der Waals surface area contributed by atoms with E-state index in [0.29, 0.717) is 0 Å². The number of hydrogen-bond acceptors (Lipinski definition) is 6. The molecule has 0 aromatic rings. The molecule has 1 aliphatic rings. The molecular weight excluding hydrogens is 240 g/mol. The number of aliphatic hydroxyl groups excluding tert-OH is 2. The Labute approximate surface area is 93.9 Å². The Morgan fingerprint density at radius 1 is 1.25 bits per heavy atom. The van der Waals surface area contributed by atoms with Gasteiger partial charge in [-0.3, -0.25) is 4.55 Å². The highest BCUT2D eigenvalue weighted by molar-refractivity contribution is 7.80. The van der Waals surface area contributed by atoms with Crippen molar-refractivity contribution in [2.75, 3.05) is 6.61 Å². The van der Waals surface area contributed by atoms with Crippen LogP contribution >= 0.6 is 0 Å². The third kappa shape index (κ3) is 3.37. The Morgan fingerprint density at radius 3 is 2.31 bits per heavy atom. The second-order valence-corrected chi connectivity index (χ2v) is 5.02. The molecule has 0 aromatic carbocycles. The molecule has 5 atom stereocenters. The van der Waals surface area contributed by atoms with Crippen LogP contribution in [0.1, 0.15) is 13.8 Å². The summed E-state index contributed by atoms with van der Waals surface area (Å²) in [5.74, 6) is -0.267. The topological polar surface area (TPSA) is 113 Å². The van der Waals surface area contributed by atoms with Crippen LogP contribution in [0.4, 0.5) is 0 Å². The minimum Gasteiger partial charge on any atom is -0.390 e. The Morgan fingerprint density at radius 2 is 1.81 bits per heavy atom. The second-order valence-electron chi connectivity index (χ2n) is 3.93. The molecule has 1 heterocycles. The van der Waals surface area contributed by atoms with E-state index >= 15 is 0 Å². The van der Waals surface area contributed by atoms with E-state index in [9.17, 15) is 18.6 Å². The van der Waals surface area contributed by atoms with Crippen molar-refractivity contribution in [3.05, 3.63) is 0 Å². The molecule has 96 valence electrons. The summed E-state index contributed by atoms with van der Waals surface area (Å²) >= 11 is 0. The van der Waals surface area contributed by atoms with Crippen molar-refractivity contribution in [2.24, 2.45) is 5.92 Å². The number of aliphatic hydroxyl groups is 2. The van der Waals surface area contributed by atoms with E-state index in [-0.39, 0.29) is 12.0 Å². The zero-order valence-corrected chi connectivity index (χ0v) is 9.79. The minimum absolute atomic E-state index is 0.267. The van der Waals surface area contributed by atoms with Gasteiger partial charge in [0.25, 0.3) is 0 Å². The third-order valence-electron chi connectivity index (χ3n) is 2.78. The summed E-state index contributed by atoms with van der Waals surface area (Å²) in [6, 6.07) is 0. The van der Waals surface area contributed by atoms with Crippen LogP contribution in [0.2, 0.25) is 0 Å². The Kier molecular flexibility index (Phi) is 4.27. The van der Waals surface area contributed by atoms with Gasteiger partial charge in [-0.1, -0.05) is 6.92 Å². The molecule has 1 aliphatic heterocycles. The first-order chi connectivity index (χ1) is 7.22. The first kappa shape index (κ1) is 13.8. The highest BCUT2D eigenvalue weighted by atomic mass is 32.3. The summed E-state index contributed by atoms with van der Waals surface area (Å²) in [7, 11) is -4.57. The Balaban J connectivity index is 2.61. The SMILES string of the molecule is CC1[C@H](C)OC(COS(=O)(=O)O)[C@@H](O)[C@@H]1O. The van der Waals surface area contributed by atoms with Gasteiger partial charge in [-0.05, 0) is 6.92 Å². The monoisotopic (exact) mass is 256 g/mol. The summed E-state index contributed by atoms with van der Waals surface area (Å²) in [6.07, 6.45) is -3.58. The van der Waals surface area contributed by atoms with E-state index in [2.05, 4.69) is 4.18 Å². The van der Waals surface area contributed by atoms with Crippen LogP contribution in [0.15, 0.2) is 0 Å². The van der Waals surface area contributed by atoms with Gasteiger partial charge in [0.05, 0.1) is 18.8 Å². The van der Waals surface area contributed by atoms with Crippen molar-refractivity contribution in [2.45, 2.75) is 38.3 Å². The second kappa shape index (κ2) is 4.94. The summed E-state index contributed by atoms with van der Waals surface area (Å²) in [5, 5.41) is 19.2. The van der Waals surface area contributed by atoms with Crippen LogP contribution in [-0.4, -0.2) is 54.2 Å². The van der Waals surface area contributed by atoms with Gasteiger partial charge in [0.2, 0.25) is 0 Å². The maximum Gasteiger partial charge on any atom is 0.397 e. The van der Waals surface area contributed by atoms with Crippen LogP contribution in [0.3, 0.4) is 0 Å². The molecule has 16 heavy (non-hydrogen) atoms. The number of rotatable bonds is 3. The molecule has 0 saturated carbocycles. The van der Waals surface area contributed by atoms with Crippen molar-refractivity contribution in [1.29, 1.82) is 0 Å². The van der Waals surface area contributed by atoms with E-state index in [4.69, 9.17) is 9.29 Å². The maximum atomic E-state index is 10.3. The van der Waals surface area contributed by atoms with Crippen molar-refractivity contribution in [3.8, 4) is 0 Å². The fourth-order valence-electron chi connectivity index (χ4n) is 1.58. The smallest absolute Gasteiger partial charge is 0.390 e. The summed E-state index contributed by atoms with van der Waals surface area (Å²) < 4.78 is 38.4. The normalized spacial score (nSPS) is 40.9. The van der Waals surface area contributed by atoms with Gasteiger partial charge >= 0.3 is 10.4 Å². The van der Waals surface area contributed by atoms with E-state index in [0.717, 1.165) is 0 Å². The molecular formula is C8H16O7S. The van der Waals surface area contributed by atoms with Crippen LogP contribution in [0.5, 0.6) is 0 Å². The molecule has 0 amide bonds. The zero-order valence-electron chi connectivity index (χ0n) is 8.98. The molecule has 1 saturated heterocycles. The minimum atomic E-state index is -4.57. The van der Waals surface area contributed by atoms with Crippen LogP contribution in [0.25, 0.3) is 0 Å². The molecule has 0 spiro atoms. The molecule has 1 rings (SSSR count). The average Bonchev–Trinajstić information content (AvgIpc) is 2.17. The highest BCUT2D eigenvalue weighted by Crippen LogP contribution is 2.25. The highest BCUT2D eigenvalue weighted by Gasteiger charge is 2.40. The van der Waals surface area contributed by atoms with Gasteiger partial charge in [-0.25, -0.2) is 4.18 Å². The molecule has 1 fully saturated rings. The summed E-state index contributed by atoms with van der Waals surface area (Å²) in [5.41, 5.74) is 0. The first-order valence-electron chi connectivity index (χ1n) is 4.86. The molecule has 0 radical (unpaired) electrons.